The van der Waals surface area contributed by atoms with E-state index in [0.29, 0.717) is 29.3 Å². The molecule has 0 N–H and O–H groups in total. The van der Waals surface area contributed by atoms with Gasteiger partial charge in [0.15, 0.2) is 0 Å². The summed E-state index contributed by atoms with van der Waals surface area (Å²) in [4.78, 5) is 11.0. The molecule has 0 saturated heterocycles. The highest BCUT2D eigenvalue weighted by atomic mass is 28.2. The fraction of sp³-hybridized carbons (Fsp3) is 0.700. The lowest BCUT2D eigenvalue weighted by Gasteiger charge is -2.11. The van der Waals surface area contributed by atoms with Crippen molar-refractivity contribution in [1.29, 1.82) is 0 Å². The largest absolute Gasteiger partial charge is 0.462 e. The van der Waals surface area contributed by atoms with E-state index in [9.17, 15) is 4.79 Å². The molecule has 4 nitrogen and oxygen atoms in total. The van der Waals surface area contributed by atoms with Crippen LogP contribution in [0.4, 0.5) is 0 Å². The van der Waals surface area contributed by atoms with Crippen molar-refractivity contribution in [2.45, 2.75) is 33.0 Å². The fourth-order valence-corrected chi connectivity index (χ4v) is 0.946. The Kier molecular flexibility index (Phi) is 8.26. The van der Waals surface area contributed by atoms with Gasteiger partial charge in [-0.05, 0) is 26.7 Å². The normalized spacial score (nSPS) is 12.4. The van der Waals surface area contributed by atoms with Gasteiger partial charge in [0.2, 0.25) is 0 Å². The molecule has 0 aliphatic carbocycles. The van der Waals surface area contributed by atoms with Crippen LogP contribution in [-0.2, 0) is 18.7 Å². The van der Waals surface area contributed by atoms with Crippen LogP contribution >= 0.6 is 0 Å². The van der Waals surface area contributed by atoms with E-state index in [1.54, 1.807) is 6.92 Å². The third kappa shape index (κ3) is 8.35. The van der Waals surface area contributed by atoms with E-state index < -0.39 is 0 Å². The smallest absolute Gasteiger partial charge is 0.333 e. The van der Waals surface area contributed by atoms with E-state index in [-0.39, 0.29) is 12.3 Å². The number of unbranched alkanes of at least 4 members (excludes halogenated alkanes) is 1. The summed E-state index contributed by atoms with van der Waals surface area (Å²) in [5.74, 6) is -0.327. The van der Waals surface area contributed by atoms with E-state index in [2.05, 4.69) is 6.58 Å². The maximum absolute atomic E-state index is 11.0. The summed E-state index contributed by atoms with van der Waals surface area (Å²) in [6.45, 7) is 8.05. The minimum Gasteiger partial charge on any atom is -0.462 e. The van der Waals surface area contributed by atoms with E-state index in [1.807, 2.05) is 6.92 Å². The van der Waals surface area contributed by atoms with Gasteiger partial charge in [-0.25, -0.2) is 4.79 Å². The Morgan fingerprint density at radius 3 is 2.53 bits per heavy atom. The lowest BCUT2D eigenvalue weighted by molar-refractivity contribution is -0.139. The molecule has 0 aliphatic heterocycles. The quantitative estimate of drug-likeness (QED) is 0.201. The molecule has 0 amide bonds. The molecule has 88 valence electrons. The Balaban J connectivity index is 3.25. The van der Waals surface area contributed by atoms with Crippen LogP contribution in [0, 0.1) is 0 Å². The summed E-state index contributed by atoms with van der Waals surface area (Å²) < 4.78 is 15.3. The van der Waals surface area contributed by atoms with Crippen LogP contribution in [0.25, 0.3) is 0 Å². The highest BCUT2D eigenvalue weighted by Gasteiger charge is 2.02. The second kappa shape index (κ2) is 8.64. The topological polar surface area (TPSA) is 44.8 Å². The maximum atomic E-state index is 11.0. The van der Waals surface area contributed by atoms with Crippen LogP contribution in [0.2, 0.25) is 0 Å². The van der Waals surface area contributed by atoms with E-state index in [0.717, 1.165) is 12.8 Å². The van der Waals surface area contributed by atoms with Crippen molar-refractivity contribution in [3.8, 4) is 0 Å². The van der Waals surface area contributed by atoms with Crippen LogP contribution in [0.1, 0.15) is 26.7 Å². The zero-order valence-corrected chi connectivity index (χ0v) is 11.7. The van der Waals surface area contributed by atoms with Gasteiger partial charge in [0.05, 0.1) is 6.61 Å². The molecular weight excluding hydrogens is 212 g/mol. The number of ether oxygens (including phenoxy) is 2. The van der Waals surface area contributed by atoms with Gasteiger partial charge in [-0.15, -0.1) is 0 Å². The summed E-state index contributed by atoms with van der Waals surface area (Å²) in [5.41, 5.74) is 0.434. The van der Waals surface area contributed by atoms with Crippen LogP contribution in [-0.4, -0.2) is 36.0 Å². The number of carbonyl (C=O) groups excluding carboxylic acids is 1. The molecule has 0 rings (SSSR count). The number of carbonyl (C=O) groups is 1. The average molecular weight is 232 g/mol. The Morgan fingerprint density at radius 2 is 2.00 bits per heavy atom. The van der Waals surface area contributed by atoms with Gasteiger partial charge in [0, 0.05) is 12.2 Å². The maximum Gasteiger partial charge on any atom is 0.333 e. The second-order valence-corrected chi connectivity index (χ2v) is 3.77. The molecule has 0 saturated carbocycles. The number of hydrogen-bond donors (Lipinski definition) is 0. The molecule has 0 aromatic rings. The third-order valence-corrected chi connectivity index (χ3v) is 2.47. The van der Waals surface area contributed by atoms with Crippen molar-refractivity contribution in [2.24, 2.45) is 0 Å². The highest BCUT2D eigenvalue weighted by Crippen LogP contribution is 1.98. The molecule has 0 spiro atoms. The average Bonchev–Trinajstić information content (AvgIpc) is 2.22. The van der Waals surface area contributed by atoms with E-state index >= 15 is 0 Å². The zero-order valence-electron chi connectivity index (χ0n) is 9.75. The lowest BCUT2D eigenvalue weighted by atomic mass is 10.3. The van der Waals surface area contributed by atoms with Crippen LogP contribution in [0.3, 0.4) is 0 Å². The summed E-state index contributed by atoms with van der Waals surface area (Å²) in [6.07, 6.45) is 1.54. The first-order chi connectivity index (χ1) is 7.07. The first-order valence-electron chi connectivity index (χ1n) is 5.05. The van der Waals surface area contributed by atoms with Crippen molar-refractivity contribution in [3.05, 3.63) is 12.2 Å². The summed E-state index contributed by atoms with van der Waals surface area (Å²) in [5, 5.41) is 0. The Bertz CT molecular complexity index is 206. The SMILES string of the molecule is C=C(C)C(=O)OCCCCOC(C)O[SiH3]. The van der Waals surface area contributed by atoms with Gasteiger partial charge in [-0.2, -0.15) is 0 Å². The molecule has 0 fully saturated rings. The third-order valence-electron chi connectivity index (χ3n) is 1.80. The standard InChI is InChI=1S/C10H20O4Si/c1-8(2)10(11)13-7-5-4-6-12-9(3)14-15/h9H,1,4-7H2,2-3,15H3. The zero-order chi connectivity index (χ0) is 11.7. The van der Waals surface area contributed by atoms with E-state index in [1.165, 1.54) is 0 Å². The number of hydrogen-bond acceptors (Lipinski definition) is 4. The molecular formula is C10H20O4Si. The van der Waals surface area contributed by atoms with Gasteiger partial charge >= 0.3 is 5.97 Å². The van der Waals surface area contributed by atoms with Crippen LogP contribution in [0.15, 0.2) is 12.2 Å². The summed E-state index contributed by atoms with van der Waals surface area (Å²) in [6, 6.07) is 0. The van der Waals surface area contributed by atoms with Gasteiger partial charge in [-0.1, -0.05) is 6.58 Å². The van der Waals surface area contributed by atoms with Gasteiger partial charge < -0.3 is 13.9 Å². The number of esters is 1. The molecule has 5 heteroatoms. The summed E-state index contributed by atoms with van der Waals surface area (Å²) >= 11 is 0. The predicted molar refractivity (Wildman–Crippen MR) is 61.4 cm³/mol. The van der Waals surface area contributed by atoms with Crippen molar-refractivity contribution in [2.75, 3.05) is 13.2 Å². The van der Waals surface area contributed by atoms with Gasteiger partial charge in [0.1, 0.15) is 16.8 Å². The van der Waals surface area contributed by atoms with Crippen molar-refractivity contribution in [3.63, 3.8) is 0 Å². The van der Waals surface area contributed by atoms with Crippen LogP contribution < -0.4 is 0 Å². The molecule has 0 aromatic heterocycles. The predicted octanol–water partition coefficient (Wildman–Crippen LogP) is 0.545. The molecule has 1 atom stereocenters. The van der Waals surface area contributed by atoms with Crippen molar-refractivity contribution >= 4 is 16.5 Å². The van der Waals surface area contributed by atoms with Crippen LogP contribution in [0.5, 0.6) is 0 Å². The Morgan fingerprint density at radius 1 is 1.40 bits per heavy atom. The van der Waals surface area contributed by atoms with E-state index in [4.69, 9.17) is 13.9 Å². The molecule has 0 bridgehead atoms. The van der Waals surface area contributed by atoms with Gasteiger partial charge in [0.25, 0.3) is 0 Å². The molecule has 0 aromatic carbocycles. The Labute approximate surface area is 94.1 Å². The molecule has 0 radical (unpaired) electrons. The fourth-order valence-electron chi connectivity index (χ4n) is 0.810. The lowest BCUT2D eigenvalue weighted by Crippen LogP contribution is -2.12. The Hall–Kier alpha value is -0.653. The summed E-state index contributed by atoms with van der Waals surface area (Å²) in [7, 11) is 0.684. The second-order valence-electron chi connectivity index (χ2n) is 3.30. The molecule has 15 heavy (non-hydrogen) atoms. The minimum absolute atomic E-state index is 0.116. The minimum atomic E-state index is -0.327. The highest BCUT2D eigenvalue weighted by molar-refractivity contribution is 5.98. The van der Waals surface area contributed by atoms with Crippen molar-refractivity contribution < 1.29 is 18.7 Å². The monoisotopic (exact) mass is 232 g/mol. The number of rotatable bonds is 8. The molecule has 0 aliphatic rings. The molecule has 0 heterocycles. The van der Waals surface area contributed by atoms with Crippen molar-refractivity contribution in [1.82, 2.24) is 0 Å². The first-order valence-corrected chi connectivity index (χ1v) is 5.86. The molecule has 1 unspecified atom stereocenters. The first kappa shape index (κ1) is 14.3. The van der Waals surface area contributed by atoms with Gasteiger partial charge in [-0.3, -0.25) is 0 Å².